The number of aromatic nitrogens is 5. The highest BCUT2D eigenvalue weighted by Crippen LogP contribution is 2.63. The first-order valence-electron chi connectivity index (χ1n) is 18.3. The van der Waals surface area contributed by atoms with Gasteiger partial charge in [0.2, 0.25) is 0 Å². The summed E-state index contributed by atoms with van der Waals surface area (Å²) in [6, 6.07) is 47.6. The van der Waals surface area contributed by atoms with Crippen molar-refractivity contribution in [2.24, 2.45) is 0 Å². The topological polar surface area (TPSA) is 105 Å². The van der Waals surface area contributed by atoms with E-state index in [4.69, 9.17) is 14.7 Å². The van der Waals surface area contributed by atoms with Crippen molar-refractivity contribution in [1.82, 2.24) is 24.1 Å². The Morgan fingerprint density at radius 1 is 0.518 bits per heavy atom. The van der Waals surface area contributed by atoms with Crippen LogP contribution in [0.25, 0.3) is 66.4 Å². The maximum absolute atomic E-state index is 9.85. The van der Waals surface area contributed by atoms with Crippen molar-refractivity contribution in [2.45, 2.75) is 5.41 Å². The number of fused-ring (bicyclic) bond motifs is 15. The van der Waals surface area contributed by atoms with Gasteiger partial charge in [0.1, 0.15) is 11.5 Å². The van der Waals surface area contributed by atoms with Gasteiger partial charge < -0.3 is 13.9 Å². The Labute approximate surface area is 319 Å². The van der Waals surface area contributed by atoms with Crippen molar-refractivity contribution in [1.29, 1.82) is 10.5 Å². The first-order valence-corrected chi connectivity index (χ1v) is 18.3. The first kappa shape index (κ1) is 30.4. The molecule has 0 radical (unpaired) electrons. The van der Waals surface area contributed by atoms with E-state index in [2.05, 4.69) is 99.1 Å². The molecule has 258 valence electrons. The third kappa shape index (κ3) is 3.76. The molecule has 2 aliphatic rings. The molecule has 8 heteroatoms. The maximum atomic E-state index is 9.85. The van der Waals surface area contributed by atoms with Gasteiger partial charge in [-0.05, 0) is 84.4 Å². The van der Waals surface area contributed by atoms with Crippen molar-refractivity contribution in [3.63, 3.8) is 0 Å². The molecule has 6 heterocycles. The van der Waals surface area contributed by atoms with Gasteiger partial charge in [-0.15, -0.1) is 0 Å². The van der Waals surface area contributed by atoms with Crippen molar-refractivity contribution in [3.05, 3.63) is 186 Å². The molecule has 1 aliphatic carbocycles. The summed E-state index contributed by atoms with van der Waals surface area (Å²) in [6.45, 7) is 0. The second kappa shape index (κ2) is 11.0. The van der Waals surface area contributed by atoms with Crippen molar-refractivity contribution in [3.8, 4) is 46.4 Å². The molecule has 8 nitrogen and oxygen atoms in total. The van der Waals surface area contributed by atoms with E-state index >= 15 is 0 Å². The molecule has 1 unspecified atom stereocenters. The predicted molar refractivity (Wildman–Crippen MR) is 215 cm³/mol. The van der Waals surface area contributed by atoms with Crippen molar-refractivity contribution < 1.29 is 4.74 Å². The molecule has 0 amide bonds. The molecule has 0 bridgehead atoms. The van der Waals surface area contributed by atoms with Crippen LogP contribution < -0.4 is 4.74 Å². The van der Waals surface area contributed by atoms with Gasteiger partial charge in [-0.1, -0.05) is 48.5 Å². The van der Waals surface area contributed by atoms with Crippen LogP contribution in [-0.4, -0.2) is 24.1 Å². The summed E-state index contributed by atoms with van der Waals surface area (Å²) >= 11 is 0. The SMILES string of the molecule is N#Cc1ccc2c(c1)c1cc(C#N)ccc1n2-c1cnc2c(c1)C1(c3ccccc3Oc3cccc(-n4c5ccccc5c5ccncc54)c31)c1cccnc1-2. The summed E-state index contributed by atoms with van der Waals surface area (Å²) in [4.78, 5) is 14.9. The molecule has 1 spiro atoms. The largest absolute Gasteiger partial charge is 0.457 e. The van der Waals surface area contributed by atoms with Gasteiger partial charge in [-0.25, -0.2) is 0 Å². The summed E-state index contributed by atoms with van der Waals surface area (Å²) in [5, 5.41) is 23.7. The molecule has 1 aliphatic heterocycles. The maximum Gasteiger partial charge on any atom is 0.134 e. The fourth-order valence-electron chi connectivity index (χ4n) is 9.46. The van der Waals surface area contributed by atoms with Crippen LogP contribution in [0.4, 0.5) is 0 Å². The summed E-state index contributed by atoms with van der Waals surface area (Å²) in [6.07, 6.45) is 7.52. The van der Waals surface area contributed by atoms with E-state index in [0.29, 0.717) is 11.1 Å². The van der Waals surface area contributed by atoms with Crippen LogP contribution in [0.2, 0.25) is 0 Å². The number of hydrogen-bond acceptors (Lipinski definition) is 6. The zero-order chi connectivity index (χ0) is 37.1. The van der Waals surface area contributed by atoms with E-state index in [9.17, 15) is 10.5 Å². The summed E-state index contributed by atoms with van der Waals surface area (Å²) in [7, 11) is 0. The molecule has 0 fully saturated rings. The average molecular weight is 716 g/mol. The highest BCUT2D eigenvalue weighted by Gasteiger charge is 2.54. The molecule has 5 aromatic carbocycles. The Balaban J connectivity index is 1.23. The molecule has 1 atom stereocenters. The first-order chi connectivity index (χ1) is 27.7. The van der Waals surface area contributed by atoms with Crippen molar-refractivity contribution in [2.75, 3.05) is 0 Å². The van der Waals surface area contributed by atoms with Crippen LogP contribution >= 0.6 is 0 Å². The zero-order valence-corrected chi connectivity index (χ0v) is 29.5. The molecule has 5 aromatic heterocycles. The van der Waals surface area contributed by atoms with Gasteiger partial charge in [0, 0.05) is 50.6 Å². The average Bonchev–Trinajstić information content (AvgIpc) is 3.87. The fourth-order valence-corrected chi connectivity index (χ4v) is 9.46. The number of hydrogen-bond donors (Lipinski definition) is 0. The second-order valence-corrected chi connectivity index (χ2v) is 14.3. The molecule has 12 rings (SSSR count). The van der Waals surface area contributed by atoms with E-state index in [0.717, 1.165) is 100 Å². The molecular weight excluding hydrogens is 691 g/mol. The van der Waals surface area contributed by atoms with Crippen LogP contribution in [0, 0.1) is 22.7 Å². The predicted octanol–water partition coefficient (Wildman–Crippen LogP) is 10.3. The Bertz CT molecular complexity index is 3330. The van der Waals surface area contributed by atoms with Gasteiger partial charge in [0.25, 0.3) is 0 Å². The third-order valence-corrected chi connectivity index (χ3v) is 11.6. The smallest absolute Gasteiger partial charge is 0.134 e. The van der Waals surface area contributed by atoms with Crippen LogP contribution in [0.15, 0.2) is 152 Å². The van der Waals surface area contributed by atoms with Crippen LogP contribution in [0.1, 0.15) is 33.4 Å². The summed E-state index contributed by atoms with van der Waals surface area (Å²) in [5.41, 5.74) is 11.5. The number of nitrogens with zero attached hydrogens (tertiary/aromatic N) is 7. The summed E-state index contributed by atoms with van der Waals surface area (Å²) < 4.78 is 11.4. The van der Waals surface area contributed by atoms with E-state index < -0.39 is 5.41 Å². The van der Waals surface area contributed by atoms with E-state index in [1.165, 1.54) is 0 Å². The number of benzene rings is 5. The number of para-hydroxylation sites is 2. The lowest BCUT2D eigenvalue weighted by Crippen LogP contribution is -2.33. The van der Waals surface area contributed by atoms with Crippen LogP contribution in [0.5, 0.6) is 11.5 Å². The molecular formula is C48H25N7O. The molecule has 0 N–H and O–H groups in total. The second-order valence-electron chi connectivity index (χ2n) is 14.3. The molecule has 56 heavy (non-hydrogen) atoms. The standard InChI is InChI=1S/C48H25N7O/c49-24-28-14-16-39-33(21-28)34-22-29(25-50)15-17-40(34)54(39)30-23-37-47(53-26-30)46-36(9-6-19-52-46)48(37)35-8-2-4-12-43(35)56-44-13-5-11-41(45(44)48)55-38-10-3-1-7-31(38)32-18-20-51-27-42(32)55/h1-23,26-27H. The lowest BCUT2D eigenvalue weighted by Gasteiger charge is -2.40. The highest BCUT2D eigenvalue weighted by atomic mass is 16.5. The number of rotatable bonds is 2. The quantitative estimate of drug-likeness (QED) is 0.176. The Morgan fingerprint density at radius 3 is 2.04 bits per heavy atom. The van der Waals surface area contributed by atoms with Gasteiger partial charge in [-0.2, -0.15) is 10.5 Å². The minimum absolute atomic E-state index is 0.551. The Hall–Kier alpha value is -8.07. The highest BCUT2D eigenvalue weighted by molar-refractivity contribution is 6.11. The number of pyridine rings is 3. The molecule has 0 saturated carbocycles. The monoisotopic (exact) mass is 715 g/mol. The van der Waals surface area contributed by atoms with Crippen LogP contribution in [-0.2, 0) is 5.41 Å². The van der Waals surface area contributed by atoms with Gasteiger partial charge in [-0.3, -0.25) is 15.0 Å². The normalized spacial score (nSPS) is 15.0. The van der Waals surface area contributed by atoms with E-state index in [1.54, 1.807) is 0 Å². The van der Waals surface area contributed by atoms with Crippen LogP contribution in [0.3, 0.4) is 0 Å². The van der Waals surface area contributed by atoms with Gasteiger partial charge >= 0.3 is 0 Å². The zero-order valence-electron chi connectivity index (χ0n) is 29.5. The fraction of sp³-hybridized carbons (Fsp3) is 0.0208. The van der Waals surface area contributed by atoms with Gasteiger partial charge in [0.15, 0.2) is 0 Å². The van der Waals surface area contributed by atoms with E-state index in [-0.39, 0.29) is 0 Å². The Morgan fingerprint density at radius 2 is 1.21 bits per heavy atom. The Kier molecular flexibility index (Phi) is 5.96. The minimum atomic E-state index is -0.899. The van der Waals surface area contributed by atoms with Gasteiger partial charge in [0.05, 0.1) is 85.9 Å². The third-order valence-electron chi connectivity index (χ3n) is 11.6. The number of nitriles is 2. The minimum Gasteiger partial charge on any atom is -0.457 e. The lowest BCUT2D eigenvalue weighted by molar-refractivity contribution is 0.435. The lowest BCUT2D eigenvalue weighted by atomic mass is 9.65. The number of ether oxygens (including phenoxy) is 1. The summed E-state index contributed by atoms with van der Waals surface area (Å²) in [5.74, 6) is 1.51. The van der Waals surface area contributed by atoms with Crippen molar-refractivity contribution >= 4 is 43.6 Å². The van der Waals surface area contributed by atoms with E-state index in [1.807, 2.05) is 79.4 Å². The molecule has 0 saturated heterocycles. The molecule has 10 aromatic rings.